The molecule has 3 rings (SSSR count). The van der Waals surface area contributed by atoms with Gasteiger partial charge in [0, 0.05) is 11.4 Å². The van der Waals surface area contributed by atoms with Crippen LogP contribution in [0.2, 0.25) is 0 Å². The number of hydrogen-bond acceptors (Lipinski definition) is 1. The highest BCUT2D eigenvalue weighted by Crippen LogP contribution is 2.23. The predicted octanol–water partition coefficient (Wildman–Crippen LogP) is 6.05. The Bertz CT molecular complexity index is 697. The highest BCUT2D eigenvalue weighted by atomic mass is 14.9. The molecule has 110 valence electrons. The van der Waals surface area contributed by atoms with Crippen LogP contribution >= 0.6 is 0 Å². The summed E-state index contributed by atoms with van der Waals surface area (Å²) in [6, 6.07) is 27.7. The molecule has 0 unspecified atom stereocenters. The predicted molar refractivity (Wildman–Crippen MR) is 95.6 cm³/mol. The molecule has 22 heavy (non-hydrogen) atoms. The zero-order valence-corrected chi connectivity index (χ0v) is 12.9. The van der Waals surface area contributed by atoms with Gasteiger partial charge in [-0.05, 0) is 47.4 Å². The summed E-state index contributed by atoms with van der Waals surface area (Å²) in [5.41, 5.74) is 6.15. The maximum absolute atomic E-state index is 3.41. The van der Waals surface area contributed by atoms with Gasteiger partial charge in [0.05, 0.1) is 0 Å². The molecule has 1 heteroatoms. The Labute approximate surface area is 132 Å². The quantitative estimate of drug-likeness (QED) is 0.602. The summed E-state index contributed by atoms with van der Waals surface area (Å²) in [4.78, 5) is 0. The monoisotopic (exact) mass is 287 g/mol. The normalized spacial score (nSPS) is 10.4. The Kier molecular flexibility index (Phi) is 4.55. The zero-order chi connectivity index (χ0) is 15.2. The molecule has 0 aliphatic heterocycles. The largest absolute Gasteiger partial charge is 0.356 e. The highest BCUT2D eigenvalue weighted by Gasteiger charge is 1.99. The van der Waals surface area contributed by atoms with Gasteiger partial charge in [-0.1, -0.05) is 67.9 Å². The second kappa shape index (κ2) is 6.95. The standard InChI is InChI=1S/C21H21N/c1-2-6-17-9-11-18(12-10-17)19-13-15-21(16-14-19)22-20-7-4-3-5-8-20/h3-5,7-16,22H,2,6H2,1H3. The first kappa shape index (κ1) is 14.4. The summed E-state index contributed by atoms with van der Waals surface area (Å²) in [5, 5.41) is 3.41. The maximum atomic E-state index is 3.41. The van der Waals surface area contributed by atoms with Gasteiger partial charge in [-0.3, -0.25) is 0 Å². The van der Waals surface area contributed by atoms with Crippen LogP contribution in [0.15, 0.2) is 78.9 Å². The van der Waals surface area contributed by atoms with Gasteiger partial charge in [0.15, 0.2) is 0 Å². The average molecular weight is 287 g/mol. The van der Waals surface area contributed by atoms with E-state index < -0.39 is 0 Å². The third kappa shape index (κ3) is 3.56. The van der Waals surface area contributed by atoms with E-state index >= 15 is 0 Å². The minimum absolute atomic E-state index is 1.11. The van der Waals surface area contributed by atoms with Gasteiger partial charge in [-0.2, -0.15) is 0 Å². The van der Waals surface area contributed by atoms with E-state index in [9.17, 15) is 0 Å². The second-order valence-electron chi connectivity index (χ2n) is 5.52. The van der Waals surface area contributed by atoms with E-state index in [1.54, 1.807) is 0 Å². The van der Waals surface area contributed by atoms with E-state index in [0.29, 0.717) is 0 Å². The van der Waals surface area contributed by atoms with Gasteiger partial charge in [0.25, 0.3) is 0 Å². The molecule has 0 saturated carbocycles. The summed E-state index contributed by atoms with van der Waals surface area (Å²) in [6.45, 7) is 2.21. The fraction of sp³-hybridized carbons (Fsp3) is 0.143. The molecule has 0 radical (unpaired) electrons. The van der Waals surface area contributed by atoms with Gasteiger partial charge < -0.3 is 5.32 Å². The number of para-hydroxylation sites is 1. The van der Waals surface area contributed by atoms with Crippen LogP contribution in [0.5, 0.6) is 0 Å². The Morgan fingerprint density at radius 1 is 0.636 bits per heavy atom. The molecule has 0 amide bonds. The van der Waals surface area contributed by atoms with E-state index in [0.717, 1.165) is 17.8 Å². The molecule has 0 aromatic heterocycles. The van der Waals surface area contributed by atoms with Crippen molar-refractivity contribution >= 4 is 11.4 Å². The van der Waals surface area contributed by atoms with Crippen LogP contribution < -0.4 is 5.32 Å². The van der Waals surface area contributed by atoms with Crippen molar-refractivity contribution < 1.29 is 0 Å². The average Bonchev–Trinajstić information content (AvgIpc) is 2.58. The van der Waals surface area contributed by atoms with Crippen LogP contribution in [-0.2, 0) is 6.42 Å². The summed E-state index contributed by atoms with van der Waals surface area (Å²) < 4.78 is 0. The van der Waals surface area contributed by atoms with Gasteiger partial charge in [-0.25, -0.2) is 0 Å². The Balaban J connectivity index is 1.73. The molecule has 0 aliphatic rings. The number of hydrogen-bond donors (Lipinski definition) is 1. The molecule has 3 aromatic carbocycles. The lowest BCUT2D eigenvalue weighted by Gasteiger charge is -2.08. The van der Waals surface area contributed by atoms with Crippen LogP contribution in [0.1, 0.15) is 18.9 Å². The van der Waals surface area contributed by atoms with Crippen LogP contribution in [-0.4, -0.2) is 0 Å². The van der Waals surface area contributed by atoms with Crippen molar-refractivity contribution in [2.45, 2.75) is 19.8 Å². The van der Waals surface area contributed by atoms with Gasteiger partial charge in [0.1, 0.15) is 0 Å². The first-order chi connectivity index (χ1) is 10.8. The maximum Gasteiger partial charge on any atom is 0.0384 e. The molecule has 1 N–H and O–H groups in total. The molecule has 0 heterocycles. The molecule has 1 nitrogen and oxygen atoms in total. The minimum atomic E-state index is 1.11. The molecular weight excluding hydrogens is 266 g/mol. The van der Waals surface area contributed by atoms with Crippen LogP contribution in [0.4, 0.5) is 11.4 Å². The lowest BCUT2D eigenvalue weighted by Crippen LogP contribution is -1.89. The van der Waals surface area contributed by atoms with E-state index in [4.69, 9.17) is 0 Å². The van der Waals surface area contributed by atoms with Crippen LogP contribution in [0.3, 0.4) is 0 Å². The lowest BCUT2D eigenvalue weighted by atomic mass is 10.0. The Hall–Kier alpha value is -2.54. The minimum Gasteiger partial charge on any atom is -0.356 e. The van der Waals surface area contributed by atoms with Crippen molar-refractivity contribution in [2.24, 2.45) is 0 Å². The molecular formula is C21H21N. The topological polar surface area (TPSA) is 12.0 Å². The number of aryl methyl sites for hydroxylation is 1. The van der Waals surface area contributed by atoms with Gasteiger partial charge in [0.2, 0.25) is 0 Å². The summed E-state index contributed by atoms with van der Waals surface area (Å²) in [5.74, 6) is 0. The van der Waals surface area contributed by atoms with Crippen molar-refractivity contribution in [1.82, 2.24) is 0 Å². The lowest BCUT2D eigenvalue weighted by molar-refractivity contribution is 0.922. The highest BCUT2D eigenvalue weighted by molar-refractivity contribution is 5.68. The fourth-order valence-electron chi connectivity index (χ4n) is 2.59. The van der Waals surface area contributed by atoms with E-state index in [-0.39, 0.29) is 0 Å². The van der Waals surface area contributed by atoms with Crippen molar-refractivity contribution in [3.63, 3.8) is 0 Å². The molecule has 0 spiro atoms. The first-order valence-electron chi connectivity index (χ1n) is 7.86. The van der Waals surface area contributed by atoms with Crippen LogP contribution in [0.25, 0.3) is 11.1 Å². The molecule has 0 aliphatic carbocycles. The smallest absolute Gasteiger partial charge is 0.0384 e. The zero-order valence-electron chi connectivity index (χ0n) is 12.9. The third-order valence-corrected chi connectivity index (χ3v) is 3.77. The van der Waals surface area contributed by atoms with E-state index in [2.05, 4.69) is 72.9 Å². The number of rotatable bonds is 5. The molecule has 0 fully saturated rings. The van der Waals surface area contributed by atoms with Crippen molar-refractivity contribution in [3.8, 4) is 11.1 Å². The van der Waals surface area contributed by atoms with Gasteiger partial charge in [-0.15, -0.1) is 0 Å². The first-order valence-corrected chi connectivity index (χ1v) is 7.86. The number of benzene rings is 3. The van der Waals surface area contributed by atoms with Gasteiger partial charge >= 0.3 is 0 Å². The van der Waals surface area contributed by atoms with Crippen molar-refractivity contribution in [1.29, 1.82) is 0 Å². The molecule has 0 bridgehead atoms. The van der Waals surface area contributed by atoms with E-state index in [1.807, 2.05) is 18.2 Å². The van der Waals surface area contributed by atoms with Crippen molar-refractivity contribution in [3.05, 3.63) is 84.4 Å². The second-order valence-corrected chi connectivity index (χ2v) is 5.52. The Morgan fingerprint density at radius 3 is 1.77 bits per heavy atom. The summed E-state index contributed by atoms with van der Waals surface area (Å²) in [6.07, 6.45) is 2.35. The summed E-state index contributed by atoms with van der Waals surface area (Å²) in [7, 11) is 0. The van der Waals surface area contributed by atoms with Crippen molar-refractivity contribution in [2.75, 3.05) is 5.32 Å². The molecule has 3 aromatic rings. The Morgan fingerprint density at radius 2 is 1.18 bits per heavy atom. The number of nitrogens with one attached hydrogen (secondary N) is 1. The fourth-order valence-corrected chi connectivity index (χ4v) is 2.59. The molecule has 0 saturated heterocycles. The molecule has 0 atom stereocenters. The third-order valence-electron chi connectivity index (χ3n) is 3.77. The van der Waals surface area contributed by atoms with E-state index in [1.165, 1.54) is 23.1 Å². The SMILES string of the molecule is CCCc1ccc(-c2ccc(Nc3ccccc3)cc2)cc1. The summed E-state index contributed by atoms with van der Waals surface area (Å²) >= 11 is 0. The number of anilines is 2. The van der Waals surface area contributed by atoms with Crippen LogP contribution in [0, 0.1) is 0 Å².